The number of ether oxygens (including phenoxy) is 3. The van der Waals surface area contributed by atoms with Gasteiger partial charge >= 0.3 is 5.97 Å². The molecule has 1 aromatic rings. The van der Waals surface area contributed by atoms with E-state index in [9.17, 15) is 13.2 Å². The molecule has 0 bridgehead atoms. The Hall–Kier alpha value is -1.64. The standard InChI is InChI=1S/C19H27NO6S/c21-19(15-16-3-1-2-4-16)26-14-13-25-17-5-7-18(8-6-17)27(22,23)20-9-11-24-12-10-20/h5-8,16H,1-4,9-15H2. The molecular weight excluding hydrogens is 370 g/mol. The monoisotopic (exact) mass is 397 g/mol. The first-order chi connectivity index (χ1) is 13.1. The Kier molecular flexibility index (Phi) is 7.09. The summed E-state index contributed by atoms with van der Waals surface area (Å²) in [6.45, 7) is 2.00. The van der Waals surface area contributed by atoms with Crippen LogP contribution >= 0.6 is 0 Å². The molecular formula is C19H27NO6S. The van der Waals surface area contributed by atoms with Gasteiger partial charge < -0.3 is 14.2 Å². The predicted molar refractivity (Wildman–Crippen MR) is 99.0 cm³/mol. The van der Waals surface area contributed by atoms with Gasteiger partial charge in [0.15, 0.2) is 0 Å². The van der Waals surface area contributed by atoms with E-state index in [2.05, 4.69) is 0 Å². The molecule has 2 fully saturated rings. The van der Waals surface area contributed by atoms with Crippen LogP contribution in [-0.2, 0) is 24.3 Å². The van der Waals surface area contributed by atoms with Crippen LogP contribution in [0.4, 0.5) is 0 Å². The number of carbonyl (C=O) groups is 1. The van der Waals surface area contributed by atoms with Crippen LogP contribution in [0.3, 0.4) is 0 Å². The Morgan fingerprint density at radius 3 is 2.41 bits per heavy atom. The Morgan fingerprint density at radius 1 is 1.07 bits per heavy atom. The van der Waals surface area contributed by atoms with Crippen molar-refractivity contribution in [1.29, 1.82) is 0 Å². The third-order valence-electron chi connectivity index (χ3n) is 4.98. The van der Waals surface area contributed by atoms with Crippen molar-refractivity contribution in [2.24, 2.45) is 5.92 Å². The van der Waals surface area contributed by atoms with Crippen molar-refractivity contribution in [2.45, 2.75) is 37.0 Å². The minimum Gasteiger partial charge on any atom is -0.490 e. The minimum absolute atomic E-state index is 0.169. The molecule has 0 N–H and O–H groups in total. The summed E-state index contributed by atoms with van der Waals surface area (Å²) in [5.74, 6) is 0.847. The zero-order valence-electron chi connectivity index (χ0n) is 15.5. The van der Waals surface area contributed by atoms with Gasteiger partial charge in [-0.25, -0.2) is 8.42 Å². The Labute approximate surface area is 160 Å². The summed E-state index contributed by atoms with van der Waals surface area (Å²) >= 11 is 0. The van der Waals surface area contributed by atoms with Gasteiger partial charge in [0.1, 0.15) is 19.0 Å². The van der Waals surface area contributed by atoms with Gasteiger partial charge in [-0.1, -0.05) is 12.8 Å². The maximum Gasteiger partial charge on any atom is 0.306 e. The average molecular weight is 397 g/mol. The highest BCUT2D eigenvalue weighted by Crippen LogP contribution is 2.27. The smallest absolute Gasteiger partial charge is 0.306 e. The number of hydrogen-bond donors (Lipinski definition) is 0. The van der Waals surface area contributed by atoms with E-state index in [1.165, 1.54) is 29.3 Å². The van der Waals surface area contributed by atoms with Crippen molar-refractivity contribution in [3.63, 3.8) is 0 Å². The number of morpholine rings is 1. The van der Waals surface area contributed by atoms with Crippen LogP contribution in [-0.4, -0.2) is 58.2 Å². The fourth-order valence-electron chi connectivity index (χ4n) is 3.47. The Balaban J connectivity index is 1.41. The Morgan fingerprint density at radius 2 is 1.74 bits per heavy atom. The number of nitrogens with zero attached hydrogens (tertiary/aromatic N) is 1. The van der Waals surface area contributed by atoms with Crippen molar-refractivity contribution in [2.75, 3.05) is 39.5 Å². The third-order valence-corrected chi connectivity index (χ3v) is 6.89. The molecule has 150 valence electrons. The number of sulfonamides is 1. The molecule has 1 aliphatic heterocycles. The zero-order valence-corrected chi connectivity index (χ0v) is 16.3. The van der Waals surface area contributed by atoms with Crippen LogP contribution in [0.2, 0.25) is 0 Å². The lowest BCUT2D eigenvalue weighted by Crippen LogP contribution is -2.40. The minimum atomic E-state index is -3.50. The maximum atomic E-state index is 12.5. The molecule has 27 heavy (non-hydrogen) atoms. The summed E-state index contributed by atoms with van der Waals surface area (Å²) in [7, 11) is -3.50. The summed E-state index contributed by atoms with van der Waals surface area (Å²) in [5.41, 5.74) is 0. The van der Waals surface area contributed by atoms with Crippen molar-refractivity contribution in [1.82, 2.24) is 4.31 Å². The molecule has 1 saturated heterocycles. The molecule has 8 heteroatoms. The number of hydrogen-bond acceptors (Lipinski definition) is 6. The maximum absolute atomic E-state index is 12.5. The topological polar surface area (TPSA) is 82.1 Å². The molecule has 2 aliphatic rings. The van der Waals surface area contributed by atoms with E-state index in [1.807, 2.05) is 0 Å². The largest absolute Gasteiger partial charge is 0.490 e. The quantitative estimate of drug-likeness (QED) is 0.494. The number of rotatable bonds is 8. The highest BCUT2D eigenvalue weighted by molar-refractivity contribution is 7.89. The lowest BCUT2D eigenvalue weighted by atomic mass is 10.1. The molecule has 0 spiro atoms. The molecule has 1 aromatic carbocycles. The fourth-order valence-corrected chi connectivity index (χ4v) is 4.88. The van der Waals surface area contributed by atoms with Crippen LogP contribution in [0.15, 0.2) is 29.2 Å². The number of esters is 1. The van der Waals surface area contributed by atoms with E-state index in [0.29, 0.717) is 44.4 Å². The molecule has 0 amide bonds. The highest BCUT2D eigenvalue weighted by Gasteiger charge is 2.26. The first-order valence-electron chi connectivity index (χ1n) is 9.52. The van der Waals surface area contributed by atoms with Crippen molar-refractivity contribution < 1.29 is 27.4 Å². The lowest BCUT2D eigenvalue weighted by molar-refractivity contribution is -0.145. The molecule has 1 aliphatic carbocycles. The molecule has 0 atom stereocenters. The number of benzene rings is 1. The molecule has 1 saturated carbocycles. The van der Waals surface area contributed by atoms with Gasteiger partial charge in [0, 0.05) is 19.5 Å². The van der Waals surface area contributed by atoms with Gasteiger partial charge in [-0.3, -0.25) is 4.79 Å². The van der Waals surface area contributed by atoms with E-state index >= 15 is 0 Å². The second-order valence-electron chi connectivity index (χ2n) is 6.91. The van der Waals surface area contributed by atoms with E-state index in [4.69, 9.17) is 14.2 Å². The van der Waals surface area contributed by atoms with Crippen LogP contribution in [0.1, 0.15) is 32.1 Å². The van der Waals surface area contributed by atoms with Crippen LogP contribution < -0.4 is 4.74 Å². The lowest BCUT2D eigenvalue weighted by Gasteiger charge is -2.26. The summed E-state index contributed by atoms with van der Waals surface area (Å²) in [5, 5.41) is 0. The summed E-state index contributed by atoms with van der Waals surface area (Å²) in [6.07, 6.45) is 5.14. The second-order valence-corrected chi connectivity index (χ2v) is 8.85. The molecule has 3 rings (SSSR count). The van der Waals surface area contributed by atoms with Gasteiger partial charge in [0.05, 0.1) is 18.1 Å². The fraction of sp³-hybridized carbons (Fsp3) is 0.632. The van der Waals surface area contributed by atoms with E-state index < -0.39 is 10.0 Å². The predicted octanol–water partition coefficient (Wildman–Crippen LogP) is 2.21. The van der Waals surface area contributed by atoms with Crippen LogP contribution in [0.25, 0.3) is 0 Å². The molecule has 1 heterocycles. The SMILES string of the molecule is O=C(CC1CCCC1)OCCOc1ccc(S(=O)(=O)N2CCOCC2)cc1. The van der Waals surface area contributed by atoms with Crippen LogP contribution in [0, 0.1) is 5.92 Å². The van der Waals surface area contributed by atoms with Gasteiger partial charge in [-0.15, -0.1) is 0 Å². The van der Waals surface area contributed by atoms with Crippen molar-refractivity contribution >= 4 is 16.0 Å². The van der Waals surface area contributed by atoms with Gasteiger partial charge in [-0.2, -0.15) is 4.31 Å². The van der Waals surface area contributed by atoms with E-state index in [1.54, 1.807) is 12.1 Å². The molecule has 0 radical (unpaired) electrons. The third kappa shape index (κ3) is 5.67. The average Bonchev–Trinajstić information content (AvgIpc) is 3.19. The zero-order chi connectivity index (χ0) is 19.1. The molecule has 0 unspecified atom stereocenters. The summed E-state index contributed by atoms with van der Waals surface area (Å²) in [4.78, 5) is 12.0. The summed E-state index contributed by atoms with van der Waals surface area (Å²) in [6, 6.07) is 6.31. The van der Waals surface area contributed by atoms with Gasteiger partial charge in [-0.05, 0) is 43.0 Å². The van der Waals surface area contributed by atoms with Crippen molar-refractivity contribution in [3.8, 4) is 5.75 Å². The molecule has 7 nitrogen and oxygen atoms in total. The number of carbonyl (C=O) groups excluding carboxylic acids is 1. The van der Waals surface area contributed by atoms with E-state index in [-0.39, 0.29) is 24.1 Å². The first-order valence-corrected chi connectivity index (χ1v) is 11.0. The van der Waals surface area contributed by atoms with Gasteiger partial charge in [0.2, 0.25) is 10.0 Å². The van der Waals surface area contributed by atoms with Gasteiger partial charge in [0.25, 0.3) is 0 Å². The highest BCUT2D eigenvalue weighted by atomic mass is 32.2. The normalized spacial score (nSPS) is 19.1. The first kappa shape index (κ1) is 20.1. The van der Waals surface area contributed by atoms with E-state index in [0.717, 1.165) is 12.8 Å². The van der Waals surface area contributed by atoms with Crippen LogP contribution in [0.5, 0.6) is 5.75 Å². The summed E-state index contributed by atoms with van der Waals surface area (Å²) < 4.78 is 42.5. The van der Waals surface area contributed by atoms with Crippen molar-refractivity contribution in [3.05, 3.63) is 24.3 Å². The Bertz CT molecular complexity index is 706. The molecule has 0 aromatic heterocycles. The second kappa shape index (κ2) is 9.52.